The third-order valence-electron chi connectivity index (χ3n) is 3.99. The normalized spacial score (nSPS) is 11.5. The molecule has 3 aromatic rings. The summed E-state index contributed by atoms with van der Waals surface area (Å²) >= 11 is 0. The lowest BCUT2D eigenvalue weighted by atomic mass is 10.1. The van der Waals surface area contributed by atoms with Crippen LogP contribution in [0.4, 0.5) is 14.9 Å². The van der Waals surface area contributed by atoms with Gasteiger partial charge in [-0.2, -0.15) is 5.26 Å². The van der Waals surface area contributed by atoms with Gasteiger partial charge in [-0.25, -0.2) is 9.18 Å². The summed E-state index contributed by atoms with van der Waals surface area (Å²) < 4.78 is 24.4. The van der Waals surface area contributed by atoms with Crippen LogP contribution in [-0.2, 0) is 4.74 Å². The Hall–Kier alpha value is -3.66. The Morgan fingerprint density at radius 3 is 2.63 bits per heavy atom. The summed E-state index contributed by atoms with van der Waals surface area (Å²) in [4.78, 5) is 12.3. The highest BCUT2D eigenvalue weighted by atomic mass is 19.1. The number of nitrogens with one attached hydrogen (secondary N) is 1. The van der Waals surface area contributed by atoms with Gasteiger partial charge in [0.05, 0.1) is 11.6 Å². The van der Waals surface area contributed by atoms with Crippen LogP contribution in [0.5, 0.6) is 0 Å². The van der Waals surface area contributed by atoms with Crippen LogP contribution in [0, 0.1) is 24.1 Å². The smallest absolute Gasteiger partial charge is 0.412 e. The Balaban J connectivity index is 1.77. The molecule has 6 nitrogen and oxygen atoms in total. The van der Waals surface area contributed by atoms with Crippen LogP contribution in [0.15, 0.2) is 53.1 Å². The number of hydrogen-bond acceptors (Lipinski definition) is 5. The molecule has 3 rings (SSSR count). The number of amides is 1. The van der Waals surface area contributed by atoms with Gasteiger partial charge in [0, 0.05) is 11.1 Å². The number of hydrogen-bond donors (Lipinski definition) is 1. The number of halogens is 1. The summed E-state index contributed by atoms with van der Waals surface area (Å²) in [5.41, 5.74) is 2.24. The van der Waals surface area contributed by atoms with Crippen molar-refractivity contribution < 1.29 is 18.4 Å². The molecule has 1 unspecified atom stereocenters. The molecule has 7 heteroatoms. The van der Waals surface area contributed by atoms with Gasteiger partial charge < -0.3 is 9.26 Å². The summed E-state index contributed by atoms with van der Waals surface area (Å²) in [6.45, 7) is 3.26. The predicted octanol–water partition coefficient (Wildman–Crippen LogP) is 4.97. The average molecular weight is 365 g/mol. The average Bonchev–Trinajstić information content (AvgIpc) is 3.02. The fourth-order valence-electron chi connectivity index (χ4n) is 2.57. The van der Waals surface area contributed by atoms with Crippen molar-refractivity contribution in [2.24, 2.45) is 0 Å². The Kier molecular flexibility index (Phi) is 5.18. The molecule has 0 bridgehead atoms. The molecule has 0 aliphatic carbocycles. The van der Waals surface area contributed by atoms with Gasteiger partial charge in [-0.3, -0.25) is 5.32 Å². The predicted molar refractivity (Wildman–Crippen MR) is 96.3 cm³/mol. The molecule has 0 saturated carbocycles. The van der Waals surface area contributed by atoms with E-state index in [1.54, 1.807) is 56.3 Å². The molecule has 27 heavy (non-hydrogen) atoms. The standard InChI is InChI=1S/C20H16FN3O3/c1-12-18(19(27-24-12)15-9-7-14(11-22)8-10-15)23-20(25)26-13(2)16-5-3-4-6-17(16)21/h3-10,13H,1-2H3,(H,23,25). The van der Waals surface area contributed by atoms with Gasteiger partial charge in [-0.1, -0.05) is 23.4 Å². The first-order chi connectivity index (χ1) is 13.0. The van der Waals surface area contributed by atoms with Gasteiger partial charge in [0.1, 0.15) is 23.3 Å². The van der Waals surface area contributed by atoms with E-state index in [-0.39, 0.29) is 5.56 Å². The lowest BCUT2D eigenvalue weighted by molar-refractivity contribution is 0.119. The van der Waals surface area contributed by atoms with E-state index in [1.807, 2.05) is 6.07 Å². The second-order valence-electron chi connectivity index (χ2n) is 5.86. The molecule has 0 aliphatic rings. The monoisotopic (exact) mass is 365 g/mol. The van der Waals surface area contributed by atoms with Crippen molar-refractivity contribution >= 4 is 11.8 Å². The molecule has 0 saturated heterocycles. The first kappa shape index (κ1) is 18.1. The molecule has 136 valence electrons. The van der Waals surface area contributed by atoms with E-state index in [0.29, 0.717) is 28.3 Å². The molecule has 0 fully saturated rings. The number of nitrogens with zero attached hydrogens (tertiary/aromatic N) is 2. The van der Waals surface area contributed by atoms with Gasteiger partial charge in [0.15, 0.2) is 5.76 Å². The molecule has 1 N–H and O–H groups in total. The fourth-order valence-corrected chi connectivity index (χ4v) is 2.57. The first-order valence-electron chi connectivity index (χ1n) is 8.18. The summed E-state index contributed by atoms with van der Waals surface area (Å²) in [7, 11) is 0. The molecule has 1 aromatic heterocycles. The minimum Gasteiger partial charge on any atom is -0.441 e. The highest BCUT2D eigenvalue weighted by Crippen LogP contribution is 2.31. The summed E-state index contributed by atoms with van der Waals surface area (Å²) in [5.74, 6) is -0.107. The van der Waals surface area contributed by atoms with Gasteiger partial charge in [-0.05, 0) is 44.2 Å². The number of carbonyl (C=O) groups excluding carboxylic acids is 1. The molecular formula is C20H16FN3O3. The maximum Gasteiger partial charge on any atom is 0.412 e. The zero-order valence-electron chi connectivity index (χ0n) is 14.7. The lowest BCUT2D eigenvalue weighted by Gasteiger charge is -2.15. The van der Waals surface area contributed by atoms with E-state index in [0.717, 1.165) is 0 Å². The molecule has 2 aromatic carbocycles. The van der Waals surface area contributed by atoms with Crippen molar-refractivity contribution in [2.75, 3.05) is 5.32 Å². The van der Waals surface area contributed by atoms with Gasteiger partial charge in [-0.15, -0.1) is 0 Å². The number of ether oxygens (including phenoxy) is 1. The highest BCUT2D eigenvalue weighted by molar-refractivity contribution is 5.90. The molecular weight excluding hydrogens is 349 g/mol. The van der Waals surface area contributed by atoms with Gasteiger partial charge >= 0.3 is 6.09 Å². The van der Waals surface area contributed by atoms with Crippen molar-refractivity contribution in [2.45, 2.75) is 20.0 Å². The number of anilines is 1. The van der Waals surface area contributed by atoms with E-state index < -0.39 is 18.0 Å². The van der Waals surface area contributed by atoms with Crippen molar-refractivity contribution in [3.63, 3.8) is 0 Å². The summed E-state index contributed by atoms with van der Waals surface area (Å²) in [6, 6.07) is 14.8. The van der Waals surface area contributed by atoms with Crippen molar-refractivity contribution in [3.05, 3.63) is 71.2 Å². The van der Waals surface area contributed by atoms with Crippen molar-refractivity contribution in [1.29, 1.82) is 5.26 Å². The zero-order valence-corrected chi connectivity index (χ0v) is 14.7. The SMILES string of the molecule is Cc1noc(-c2ccc(C#N)cc2)c1NC(=O)OC(C)c1ccccc1F. The number of rotatable bonds is 4. The highest BCUT2D eigenvalue weighted by Gasteiger charge is 2.20. The van der Waals surface area contributed by atoms with E-state index >= 15 is 0 Å². The Bertz CT molecular complexity index is 1010. The minimum absolute atomic E-state index is 0.280. The van der Waals surface area contributed by atoms with Crippen molar-refractivity contribution in [3.8, 4) is 17.4 Å². The van der Waals surface area contributed by atoms with Gasteiger partial charge in [0.2, 0.25) is 0 Å². The molecule has 1 heterocycles. The number of aryl methyl sites for hydroxylation is 1. The quantitative estimate of drug-likeness (QED) is 0.705. The first-order valence-corrected chi connectivity index (χ1v) is 8.18. The topological polar surface area (TPSA) is 88.2 Å². The second-order valence-corrected chi connectivity index (χ2v) is 5.86. The third-order valence-corrected chi connectivity index (χ3v) is 3.99. The molecule has 0 spiro atoms. The van der Waals surface area contributed by atoms with Crippen LogP contribution in [0.25, 0.3) is 11.3 Å². The minimum atomic E-state index is -0.773. The van der Waals surface area contributed by atoms with Crippen LogP contribution < -0.4 is 5.32 Å². The van der Waals surface area contributed by atoms with Crippen LogP contribution in [0.3, 0.4) is 0 Å². The van der Waals surface area contributed by atoms with E-state index in [2.05, 4.69) is 10.5 Å². The fraction of sp³-hybridized carbons (Fsp3) is 0.150. The zero-order chi connectivity index (χ0) is 19.4. The molecule has 0 radical (unpaired) electrons. The van der Waals surface area contributed by atoms with E-state index in [4.69, 9.17) is 14.5 Å². The largest absolute Gasteiger partial charge is 0.441 e. The summed E-state index contributed by atoms with van der Waals surface area (Å²) in [6.07, 6.45) is -1.53. The van der Waals surface area contributed by atoms with Crippen LogP contribution >= 0.6 is 0 Å². The second kappa shape index (κ2) is 7.70. The van der Waals surface area contributed by atoms with Crippen LogP contribution in [0.1, 0.15) is 29.8 Å². The summed E-state index contributed by atoms with van der Waals surface area (Å²) in [5, 5.41) is 15.4. The number of carbonyl (C=O) groups is 1. The Morgan fingerprint density at radius 2 is 1.96 bits per heavy atom. The van der Waals surface area contributed by atoms with E-state index in [9.17, 15) is 9.18 Å². The number of nitriles is 1. The van der Waals surface area contributed by atoms with Gasteiger partial charge in [0.25, 0.3) is 0 Å². The molecule has 1 atom stereocenters. The Morgan fingerprint density at radius 1 is 1.26 bits per heavy atom. The maximum absolute atomic E-state index is 13.8. The third kappa shape index (κ3) is 3.96. The van der Waals surface area contributed by atoms with Crippen LogP contribution in [0.2, 0.25) is 0 Å². The number of benzene rings is 2. The van der Waals surface area contributed by atoms with Crippen LogP contribution in [-0.4, -0.2) is 11.2 Å². The number of aromatic nitrogens is 1. The molecule has 0 aliphatic heterocycles. The van der Waals surface area contributed by atoms with Crippen molar-refractivity contribution in [1.82, 2.24) is 5.16 Å². The van der Waals surface area contributed by atoms with E-state index in [1.165, 1.54) is 6.07 Å². The molecule has 1 amide bonds. The Labute approximate surface area is 155 Å². The lowest BCUT2D eigenvalue weighted by Crippen LogP contribution is -2.17. The maximum atomic E-state index is 13.8.